The monoisotopic (exact) mass is 433 g/mol. The Labute approximate surface area is 160 Å². The molecule has 1 amide bonds. The molecule has 1 aromatic heterocycles. The second kappa shape index (κ2) is 8.40. The van der Waals surface area contributed by atoms with Crippen molar-refractivity contribution >= 4 is 39.3 Å². The molecule has 1 fully saturated rings. The SMILES string of the molecule is COC(=O)c1scc(Br)c1OCC1CCN(C(=O)OC(C)(C)C)CC1. The Morgan fingerprint density at radius 2 is 1.96 bits per heavy atom. The van der Waals surface area contributed by atoms with Crippen molar-refractivity contribution in [2.75, 3.05) is 26.8 Å². The Morgan fingerprint density at radius 3 is 2.52 bits per heavy atom. The van der Waals surface area contributed by atoms with E-state index in [0.717, 1.165) is 17.3 Å². The number of methoxy groups -OCH3 is 1. The summed E-state index contributed by atoms with van der Waals surface area (Å²) >= 11 is 4.69. The third kappa shape index (κ3) is 5.60. The number of hydrogen-bond donors (Lipinski definition) is 0. The average Bonchev–Trinajstić information content (AvgIpc) is 2.92. The minimum absolute atomic E-state index is 0.263. The zero-order valence-electron chi connectivity index (χ0n) is 15.0. The number of rotatable bonds is 4. The van der Waals surface area contributed by atoms with Gasteiger partial charge in [-0.1, -0.05) is 0 Å². The molecular weight excluding hydrogens is 410 g/mol. The highest BCUT2D eigenvalue weighted by Gasteiger charge is 2.28. The smallest absolute Gasteiger partial charge is 0.410 e. The van der Waals surface area contributed by atoms with Crippen LogP contribution in [0.2, 0.25) is 0 Å². The zero-order chi connectivity index (χ0) is 18.6. The third-order valence-corrected chi connectivity index (χ3v) is 5.64. The van der Waals surface area contributed by atoms with Crippen LogP contribution in [0.15, 0.2) is 9.85 Å². The lowest BCUT2D eigenvalue weighted by Crippen LogP contribution is -2.42. The van der Waals surface area contributed by atoms with Crippen LogP contribution in [-0.2, 0) is 9.47 Å². The fourth-order valence-corrected chi connectivity index (χ4v) is 4.01. The highest BCUT2D eigenvalue weighted by molar-refractivity contribution is 9.10. The first kappa shape index (κ1) is 20.0. The fraction of sp³-hybridized carbons (Fsp3) is 0.647. The molecule has 25 heavy (non-hydrogen) atoms. The van der Waals surface area contributed by atoms with E-state index in [0.29, 0.717) is 36.2 Å². The number of ether oxygens (including phenoxy) is 3. The maximum absolute atomic E-state index is 12.1. The van der Waals surface area contributed by atoms with E-state index in [1.54, 1.807) is 4.90 Å². The van der Waals surface area contributed by atoms with Crippen LogP contribution in [0, 0.1) is 5.92 Å². The second-order valence-corrected chi connectivity index (χ2v) is 8.69. The van der Waals surface area contributed by atoms with Crippen molar-refractivity contribution in [2.24, 2.45) is 5.92 Å². The van der Waals surface area contributed by atoms with E-state index in [1.807, 2.05) is 26.2 Å². The Morgan fingerprint density at radius 1 is 1.32 bits per heavy atom. The summed E-state index contributed by atoms with van der Waals surface area (Å²) in [6.45, 7) is 7.39. The summed E-state index contributed by atoms with van der Waals surface area (Å²) in [7, 11) is 1.35. The minimum Gasteiger partial charge on any atom is -0.490 e. The van der Waals surface area contributed by atoms with Crippen molar-refractivity contribution in [3.63, 3.8) is 0 Å². The quantitative estimate of drug-likeness (QED) is 0.661. The number of thiophene rings is 1. The summed E-state index contributed by atoms with van der Waals surface area (Å²) in [5.74, 6) is 0.466. The summed E-state index contributed by atoms with van der Waals surface area (Å²) in [5, 5.41) is 1.81. The lowest BCUT2D eigenvalue weighted by molar-refractivity contribution is 0.0164. The Kier molecular flexibility index (Phi) is 6.73. The third-order valence-electron chi connectivity index (χ3n) is 3.80. The minimum atomic E-state index is -0.480. The van der Waals surface area contributed by atoms with Gasteiger partial charge in [0.1, 0.15) is 5.60 Å². The van der Waals surface area contributed by atoms with Gasteiger partial charge < -0.3 is 19.1 Å². The van der Waals surface area contributed by atoms with E-state index < -0.39 is 11.6 Å². The van der Waals surface area contributed by atoms with E-state index in [2.05, 4.69) is 15.9 Å². The van der Waals surface area contributed by atoms with Gasteiger partial charge in [-0.3, -0.25) is 0 Å². The lowest BCUT2D eigenvalue weighted by atomic mass is 9.98. The van der Waals surface area contributed by atoms with E-state index in [4.69, 9.17) is 14.2 Å². The van der Waals surface area contributed by atoms with Crippen LogP contribution in [0.4, 0.5) is 4.79 Å². The summed E-state index contributed by atoms with van der Waals surface area (Å²) in [6, 6.07) is 0. The van der Waals surface area contributed by atoms with Gasteiger partial charge in [0, 0.05) is 18.5 Å². The molecule has 1 saturated heterocycles. The zero-order valence-corrected chi connectivity index (χ0v) is 17.4. The number of hydrogen-bond acceptors (Lipinski definition) is 6. The second-order valence-electron chi connectivity index (χ2n) is 6.96. The Balaban J connectivity index is 1.84. The number of esters is 1. The van der Waals surface area contributed by atoms with Gasteiger partial charge in [0.25, 0.3) is 0 Å². The first-order valence-electron chi connectivity index (χ1n) is 8.17. The summed E-state index contributed by atoms with van der Waals surface area (Å²) in [5.41, 5.74) is -0.480. The van der Waals surface area contributed by atoms with Gasteiger partial charge in [-0.2, -0.15) is 0 Å². The molecule has 0 N–H and O–H groups in total. The van der Waals surface area contributed by atoms with Gasteiger partial charge in [-0.05, 0) is 55.5 Å². The number of carbonyl (C=O) groups excluding carboxylic acids is 2. The molecule has 140 valence electrons. The molecule has 0 aliphatic carbocycles. The maximum Gasteiger partial charge on any atom is 0.410 e. The molecule has 0 aromatic carbocycles. The standard InChI is InChI=1S/C17H24BrNO5S/c1-17(2,3)24-16(21)19-7-5-11(6-8-19)9-23-13-12(18)10-25-14(13)15(20)22-4/h10-11H,5-9H2,1-4H3. The number of piperidine rings is 1. The number of amides is 1. The van der Waals surface area contributed by atoms with Crippen LogP contribution in [0.1, 0.15) is 43.3 Å². The molecule has 1 aromatic rings. The van der Waals surface area contributed by atoms with E-state index in [-0.39, 0.29) is 6.09 Å². The van der Waals surface area contributed by atoms with Crippen LogP contribution in [0.25, 0.3) is 0 Å². The molecule has 0 unspecified atom stereocenters. The molecule has 1 aliphatic heterocycles. The molecule has 0 radical (unpaired) electrons. The van der Waals surface area contributed by atoms with E-state index in [1.165, 1.54) is 18.4 Å². The van der Waals surface area contributed by atoms with Crippen LogP contribution in [-0.4, -0.2) is 49.4 Å². The van der Waals surface area contributed by atoms with Crippen molar-refractivity contribution in [3.8, 4) is 5.75 Å². The van der Waals surface area contributed by atoms with Crippen molar-refractivity contribution in [3.05, 3.63) is 14.7 Å². The lowest BCUT2D eigenvalue weighted by Gasteiger charge is -2.33. The molecule has 0 spiro atoms. The van der Waals surface area contributed by atoms with Gasteiger partial charge in [0.15, 0.2) is 10.6 Å². The van der Waals surface area contributed by atoms with Crippen molar-refractivity contribution in [1.82, 2.24) is 4.90 Å². The largest absolute Gasteiger partial charge is 0.490 e. The van der Waals surface area contributed by atoms with Gasteiger partial charge in [0.2, 0.25) is 0 Å². The van der Waals surface area contributed by atoms with Gasteiger partial charge in [-0.25, -0.2) is 9.59 Å². The van der Waals surface area contributed by atoms with Crippen LogP contribution in [0.3, 0.4) is 0 Å². The molecule has 2 heterocycles. The fourth-order valence-electron chi connectivity index (χ4n) is 2.50. The molecule has 2 rings (SSSR count). The number of halogens is 1. The average molecular weight is 434 g/mol. The van der Waals surface area contributed by atoms with Crippen molar-refractivity contribution < 1.29 is 23.8 Å². The molecule has 8 heteroatoms. The summed E-state index contributed by atoms with van der Waals surface area (Å²) < 4.78 is 16.8. The van der Waals surface area contributed by atoms with Crippen LogP contribution < -0.4 is 4.74 Å². The van der Waals surface area contributed by atoms with Gasteiger partial charge in [-0.15, -0.1) is 11.3 Å². The van der Waals surface area contributed by atoms with Gasteiger partial charge >= 0.3 is 12.1 Å². The van der Waals surface area contributed by atoms with Gasteiger partial charge in [0.05, 0.1) is 18.2 Å². The predicted octanol–water partition coefficient (Wildman–Crippen LogP) is 4.32. The highest BCUT2D eigenvalue weighted by atomic mass is 79.9. The number of carbonyl (C=O) groups is 2. The summed E-state index contributed by atoms with van der Waals surface area (Å²) in [6.07, 6.45) is 1.42. The molecule has 0 saturated carbocycles. The molecular formula is C17H24BrNO5S. The van der Waals surface area contributed by atoms with E-state index in [9.17, 15) is 9.59 Å². The predicted molar refractivity (Wildman–Crippen MR) is 99.4 cm³/mol. The molecule has 1 aliphatic rings. The summed E-state index contributed by atoms with van der Waals surface area (Å²) in [4.78, 5) is 26.0. The normalized spacial score (nSPS) is 15.8. The van der Waals surface area contributed by atoms with Crippen LogP contribution >= 0.6 is 27.3 Å². The topological polar surface area (TPSA) is 65.1 Å². The number of likely N-dealkylation sites (tertiary alicyclic amines) is 1. The van der Waals surface area contributed by atoms with Crippen LogP contribution in [0.5, 0.6) is 5.75 Å². The highest BCUT2D eigenvalue weighted by Crippen LogP contribution is 2.36. The Bertz CT molecular complexity index is 617. The molecule has 0 atom stereocenters. The maximum atomic E-state index is 12.1. The van der Waals surface area contributed by atoms with Crippen molar-refractivity contribution in [2.45, 2.75) is 39.2 Å². The first-order valence-corrected chi connectivity index (χ1v) is 9.84. The molecule has 0 bridgehead atoms. The van der Waals surface area contributed by atoms with E-state index >= 15 is 0 Å². The Hall–Kier alpha value is -1.28. The first-order chi connectivity index (χ1) is 11.7. The molecule has 6 nitrogen and oxygen atoms in total. The van der Waals surface area contributed by atoms with Crippen molar-refractivity contribution in [1.29, 1.82) is 0 Å². The number of nitrogens with zero attached hydrogens (tertiary/aromatic N) is 1.